The van der Waals surface area contributed by atoms with Crippen LogP contribution in [0.25, 0.3) is 0 Å². The highest BCUT2D eigenvalue weighted by Crippen LogP contribution is 2.40. The molecule has 98 valence electrons. The van der Waals surface area contributed by atoms with Crippen LogP contribution in [0.1, 0.15) is 35.1 Å². The van der Waals surface area contributed by atoms with Crippen molar-refractivity contribution < 1.29 is 4.74 Å². The largest absolute Gasteiger partial charge is 0.497 e. The third kappa shape index (κ3) is 2.24. The molecule has 2 N–H and O–H groups in total. The van der Waals surface area contributed by atoms with Crippen molar-refractivity contribution in [2.45, 2.75) is 24.8 Å². The smallest absolute Gasteiger partial charge is 0.119 e. The Balaban J connectivity index is 1.97. The van der Waals surface area contributed by atoms with E-state index in [2.05, 4.69) is 42.5 Å². The molecule has 2 heteroatoms. The van der Waals surface area contributed by atoms with Crippen molar-refractivity contribution in [1.82, 2.24) is 0 Å². The first-order valence-electron chi connectivity index (χ1n) is 6.77. The molecule has 0 saturated carbocycles. The number of rotatable bonds is 2. The van der Waals surface area contributed by atoms with Crippen LogP contribution in [0.15, 0.2) is 48.5 Å². The van der Waals surface area contributed by atoms with Crippen LogP contribution in [-0.4, -0.2) is 7.11 Å². The Morgan fingerprint density at radius 2 is 1.89 bits per heavy atom. The molecule has 0 saturated heterocycles. The molecule has 2 nitrogen and oxygen atoms in total. The van der Waals surface area contributed by atoms with Crippen molar-refractivity contribution >= 4 is 0 Å². The van der Waals surface area contributed by atoms with Crippen LogP contribution in [0.3, 0.4) is 0 Å². The topological polar surface area (TPSA) is 35.2 Å². The molecule has 19 heavy (non-hydrogen) atoms. The van der Waals surface area contributed by atoms with Crippen molar-refractivity contribution in [2.75, 3.05) is 7.11 Å². The number of methoxy groups -OCH3 is 1. The summed E-state index contributed by atoms with van der Waals surface area (Å²) in [6.07, 6.45) is 2.21. The lowest BCUT2D eigenvalue weighted by Crippen LogP contribution is -2.25. The van der Waals surface area contributed by atoms with Gasteiger partial charge in [0.15, 0.2) is 0 Å². The van der Waals surface area contributed by atoms with E-state index in [1.165, 1.54) is 16.7 Å². The fourth-order valence-corrected chi connectivity index (χ4v) is 3.02. The molecule has 0 heterocycles. The number of benzene rings is 2. The maximum Gasteiger partial charge on any atom is 0.119 e. The fourth-order valence-electron chi connectivity index (χ4n) is 3.02. The van der Waals surface area contributed by atoms with E-state index in [-0.39, 0.29) is 6.04 Å². The second-order valence-electron chi connectivity index (χ2n) is 5.15. The molecular formula is C17H19NO. The highest BCUT2D eigenvalue weighted by Gasteiger charge is 2.28. The Morgan fingerprint density at radius 1 is 1.11 bits per heavy atom. The zero-order valence-corrected chi connectivity index (χ0v) is 11.2. The van der Waals surface area contributed by atoms with Crippen LogP contribution in [0.4, 0.5) is 0 Å². The molecule has 0 amide bonds. The molecule has 2 aromatic rings. The molecule has 0 unspecified atom stereocenters. The van der Waals surface area contributed by atoms with Gasteiger partial charge in [-0.25, -0.2) is 0 Å². The Kier molecular flexibility index (Phi) is 3.26. The fraction of sp³-hybridized carbons (Fsp3) is 0.294. The summed E-state index contributed by atoms with van der Waals surface area (Å²) in [6.45, 7) is 0. The summed E-state index contributed by atoms with van der Waals surface area (Å²) in [5.41, 5.74) is 10.4. The van der Waals surface area contributed by atoms with Crippen LogP contribution < -0.4 is 10.5 Å². The first kappa shape index (κ1) is 12.2. The van der Waals surface area contributed by atoms with Gasteiger partial charge in [-0.15, -0.1) is 0 Å². The SMILES string of the molecule is COc1ccc2c(c1)[C@@H](N)[C@@H](c1ccccc1)CC2. The van der Waals surface area contributed by atoms with E-state index in [0.29, 0.717) is 5.92 Å². The number of fused-ring (bicyclic) bond motifs is 1. The summed E-state index contributed by atoms with van der Waals surface area (Å²) in [4.78, 5) is 0. The minimum absolute atomic E-state index is 0.0567. The molecule has 0 fully saturated rings. The summed E-state index contributed by atoms with van der Waals surface area (Å²) in [6, 6.07) is 16.9. The first-order chi connectivity index (χ1) is 9.29. The summed E-state index contributed by atoms with van der Waals surface area (Å²) in [5, 5.41) is 0. The van der Waals surface area contributed by atoms with Crippen molar-refractivity contribution in [1.29, 1.82) is 0 Å². The second kappa shape index (κ2) is 5.06. The van der Waals surface area contributed by atoms with Gasteiger partial charge in [-0.05, 0) is 41.7 Å². The average molecular weight is 253 g/mol. The highest BCUT2D eigenvalue weighted by molar-refractivity contribution is 5.42. The second-order valence-corrected chi connectivity index (χ2v) is 5.15. The summed E-state index contributed by atoms with van der Waals surface area (Å²) < 4.78 is 5.31. The maximum atomic E-state index is 6.49. The predicted molar refractivity (Wildman–Crippen MR) is 77.4 cm³/mol. The van der Waals surface area contributed by atoms with Crippen molar-refractivity contribution in [3.05, 3.63) is 65.2 Å². The third-order valence-corrected chi connectivity index (χ3v) is 4.10. The van der Waals surface area contributed by atoms with Crippen LogP contribution in [0, 0.1) is 0 Å². The van der Waals surface area contributed by atoms with E-state index in [1.807, 2.05) is 6.07 Å². The van der Waals surface area contributed by atoms with Gasteiger partial charge in [-0.2, -0.15) is 0 Å². The molecule has 0 radical (unpaired) electrons. The van der Waals surface area contributed by atoms with Gasteiger partial charge in [0.05, 0.1) is 7.11 Å². The highest BCUT2D eigenvalue weighted by atomic mass is 16.5. The van der Waals surface area contributed by atoms with Crippen molar-refractivity contribution in [2.24, 2.45) is 5.73 Å². The van der Waals surface area contributed by atoms with Gasteiger partial charge in [-0.1, -0.05) is 36.4 Å². The van der Waals surface area contributed by atoms with Crippen molar-refractivity contribution in [3.63, 3.8) is 0 Å². The lowest BCUT2D eigenvalue weighted by molar-refractivity contribution is 0.410. The molecule has 2 aromatic carbocycles. The van der Waals surface area contributed by atoms with Crippen LogP contribution in [-0.2, 0) is 6.42 Å². The molecule has 0 aliphatic heterocycles. The van der Waals surface area contributed by atoms with E-state index in [0.717, 1.165) is 18.6 Å². The molecular weight excluding hydrogens is 234 g/mol. The van der Waals surface area contributed by atoms with E-state index in [9.17, 15) is 0 Å². The lowest BCUT2D eigenvalue weighted by atomic mass is 9.77. The predicted octanol–water partition coefficient (Wildman–Crippen LogP) is 3.43. The van der Waals surface area contributed by atoms with Crippen molar-refractivity contribution in [3.8, 4) is 5.75 Å². The molecule has 0 spiro atoms. The number of aryl methyl sites for hydroxylation is 1. The maximum absolute atomic E-state index is 6.49. The number of nitrogens with two attached hydrogens (primary N) is 1. The van der Waals surface area contributed by atoms with Crippen LogP contribution >= 0.6 is 0 Å². The van der Waals surface area contributed by atoms with E-state index < -0.39 is 0 Å². The summed E-state index contributed by atoms with van der Waals surface area (Å²) in [5.74, 6) is 1.30. The number of hydrogen-bond acceptors (Lipinski definition) is 2. The minimum Gasteiger partial charge on any atom is -0.497 e. The molecule has 2 atom stereocenters. The van der Waals surface area contributed by atoms with Crippen LogP contribution in [0.5, 0.6) is 5.75 Å². The Bertz CT molecular complexity index is 565. The van der Waals surface area contributed by atoms with Gasteiger partial charge in [0.25, 0.3) is 0 Å². The number of hydrogen-bond donors (Lipinski definition) is 1. The zero-order chi connectivity index (χ0) is 13.2. The quantitative estimate of drug-likeness (QED) is 0.890. The third-order valence-electron chi connectivity index (χ3n) is 4.10. The molecule has 0 bridgehead atoms. The summed E-state index contributed by atoms with van der Waals surface area (Å²) in [7, 11) is 1.70. The monoisotopic (exact) mass is 253 g/mol. The normalized spacial score (nSPS) is 21.8. The molecule has 0 aromatic heterocycles. The average Bonchev–Trinajstić information content (AvgIpc) is 2.48. The van der Waals surface area contributed by atoms with Gasteiger partial charge in [0.1, 0.15) is 5.75 Å². The van der Waals surface area contributed by atoms with Gasteiger partial charge >= 0.3 is 0 Å². The zero-order valence-electron chi connectivity index (χ0n) is 11.2. The van der Waals surface area contributed by atoms with Gasteiger partial charge in [0.2, 0.25) is 0 Å². The standard InChI is InChI=1S/C17H19NO/c1-19-14-9-7-13-8-10-15(17(18)16(13)11-14)12-5-3-2-4-6-12/h2-7,9,11,15,17H,8,10,18H2,1H3/t15-,17+/m1/s1. The van der Waals surface area contributed by atoms with Crippen LogP contribution in [0.2, 0.25) is 0 Å². The van der Waals surface area contributed by atoms with E-state index >= 15 is 0 Å². The lowest BCUT2D eigenvalue weighted by Gasteiger charge is -2.31. The Hall–Kier alpha value is -1.80. The van der Waals surface area contributed by atoms with Gasteiger partial charge < -0.3 is 10.5 Å². The minimum atomic E-state index is 0.0567. The Labute approximate surface area is 114 Å². The van der Waals surface area contributed by atoms with E-state index in [4.69, 9.17) is 10.5 Å². The summed E-state index contributed by atoms with van der Waals surface area (Å²) >= 11 is 0. The number of ether oxygens (including phenoxy) is 1. The van der Waals surface area contributed by atoms with Gasteiger partial charge in [0, 0.05) is 12.0 Å². The van der Waals surface area contributed by atoms with E-state index in [1.54, 1.807) is 7.11 Å². The Morgan fingerprint density at radius 3 is 2.63 bits per heavy atom. The molecule has 3 rings (SSSR count). The molecule has 1 aliphatic rings. The van der Waals surface area contributed by atoms with Gasteiger partial charge in [-0.3, -0.25) is 0 Å². The first-order valence-corrected chi connectivity index (χ1v) is 6.77. The molecule has 1 aliphatic carbocycles.